The quantitative estimate of drug-likeness (QED) is 0.132. The van der Waals surface area contributed by atoms with Crippen LogP contribution in [0.5, 0.6) is 0 Å². The number of rotatable bonds is 12. The molecule has 0 spiro atoms. The third kappa shape index (κ3) is 10.9. The van der Waals surface area contributed by atoms with Gasteiger partial charge in [0.05, 0.1) is 22.2 Å². The molecule has 2 aromatic heterocycles. The van der Waals surface area contributed by atoms with E-state index in [1.807, 2.05) is 92.5 Å². The van der Waals surface area contributed by atoms with Crippen molar-refractivity contribution in [1.29, 1.82) is 0 Å². The Balaban J connectivity index is 0.892. The molecule has 69 heavy (non-hydrogen) atoms. The number of ether oxygens (including phenoxy) is 2. The molecule has 9 rings (SSSR count). The van der Waals surface area contributed by atoms with Crippen molar-refractivity contribution < 1.29 is 28.7 Å². The highest BCUT2D eigenvalue weighted by atomic mass is 16.5. The molecule has 6 aromatic rings. The molecule has 15 nitrogen and oxygen atoms in total. The van der Waals surface area contributed by atoms with Crippen LogP contribution in [0.25, 0.3) is 21.8 Å². The Labute approximate surface area is 402 Å². The molecule has 3 aliphatic rings. The van der Waals surface area contributed by atoms with Crippen LogP contribution < -0.4 is 10.9 Å². The number of para-hydroxylation sites is 1. The van der Waals surface area contributed by atoms with Crippen LogP contribution in [-0.2, 0) is 34.2 Å². The zero-order valence-corrected chi connectivity index (χ0v) is 40.1. The van der Waals surface area contributed by atoms with Gasteiger partial charge < -0.3 is 29.5 Å². The number of urea groups is 1. The SMILES string of the molecule is Cc1cccc(C(=O)OCn2cc3cc(C[C@@H](NC(=O)N4CCC(c5cc6ccccc6n(COC(=O)c6cccc(C)c6)c5=O)CC4)C(=O)N4CCN(C5CCN(C)CC5)CC4)cc(C)c3n2)c1. The van der Waals surface area contributed by atoms with Crippen molar-refractivity contribution in [3.63, 3.8) is 0 Å². The van der Waals surface area contributed by atoms with Crippen molar-refractivity contribution in [2.75, 3.05) is 59.4 Å². The van der Waals surface area contributed by atoms with Gasteiger partial charge in [-0.3, -0.25) is 19.1 Å². The van der Waals surface area contributed by atoms with E-state index in [2.05, 4.69) is 22.2 Å². The van der Waals surface area contributed by atoms with Crippen LogP contribution in [0.2, 0.25) is 0 Å². The van der Waals surface area contributed by atoms with Gasteiger partial charge in [-0.15, -0.1) is 0 Å². The second-order valence-electron chi connectivity index (χ2n) is 19.1. The minimum atomic E-state index is -0.831. The Morgan fingerprint density at radius 3 is 2.01 bits per heavy atom. The van der Waals surface area contributed by atoms with E-state index < -0.39 is 18.0 Å². The maximum absolute atomic E-state index is 14.6. The van der Waals surface area contributed by atoms with Gasteiger partial charge in [0.1, 0.15) is 6.04 Å². The van der Waals surface area contributed by atoms with E-state index in [1.54, 1.807) is 39.9 Å². The molecule has 5 heterocycles. The van der Waals surface area contributed by atoms with Crippen LogP contribution >= 0.6 is 0 Å². The number of piperidine rings is 2. The first-order chi connectivity index (χ1) is 33.4. The van der Waals surface area contributed by atoms with Gasteiger partial charge in [-0.2, -0.15) is 5.10 Å². The lowest BCUT2D eigenvalue weighted by atomic mass is 9.89. The molecule has 0 saturated carbocycles. The molecule has 1 atom stereocenters. The average Bonchev–Trinajstić information content (AvgIpc) is 3.78. The fraction of sp³-hybridized carbons (Fsp3) is 0.407. The second-order valence-corrected chi connectivity index (χ2v) is 19.1. The smallest absolute Gasteiger partial charge is 0.339 e. The Kier molecular flexibility index (Phi) is 14.2. The van der Waals surface area contributed by atoms with Crippen LogP contribution in [0.3, 0.4) is 0 Å². The normalized spacial score (nSPS) is 17.0. The minimum absolute atomic E-state index is 0.0610. The van der Waals surface area contributed by atoms with E-state index >= 15 is 0 Å². The van der Waals surface area contributed by atoms with Crippen LogP contribution in [0.15, 0.2) is 102 Å². The number of aryl methyl sites for hydroxylation is 3. The summed E-state index contributed by atoms with van der Waals surface area (Å²) in [5, 5.41) is 9.56. The molecule has 0 radical (unpaired) electrons. The summed E-state index contributed by atoms with van der Waals surface area (Å²) in [5.41, 5.74) is 6.37. The molecule has 1 N–H and O–H groups in total. The summed E-state index contributed by atoms with van der Waals surface area (Å²) in [5.74, 6) is -1.19. The number of pyridine rings is 1. The number of fused-ring (bicyclic) bond motifs is 2. The summed E-state index contributed by atoms with van der Waals surface area (Å²) in [4.78, 5) is 77.5. The number of hydrogen-bond donors (Lipinski definition) is 1. The Hall–Kier alpha value is -6.84. The molecule has 15 heteroatoms. The standard InChI is InChI=1S/C54H62N8O7/c1-36-9-7-12-42(27-36)52(65)68-34-61-33-44-30-39(29-38(3)49(44)56-61)31-47(51(64)59-25-23-58(24-26-59)45-17-19-57(4)20-18-45)55-54(67)60-21-15-40(16-22-60)46-32-41-11-5-6-14-48(41)62(50(46)63)35-69-53(66)43-13-8-10-37(2)28-43/h5-14,27-30,32-33,40,45,47H,15-26,31,34-35H2,1-4H3,(H,55,67)/t47-/m1/s1. The lowest BCUT2D eigenvalue weighted by Crippen LogP contribution is -2.59. The van der Waals surface area contributed by atoms with Crippen LogP contribution in [0, 0.1) is 20.8 Å². The number of piperazine rings is 1. The highest BCUT2D eigenvalue weighted by Gasteiger charge is 2.34. The van der Waals surface area contributed by atoms with Crippen molar-refractivity contribution >= 4 is 45.7 Å². The number of likely N-dealkylation sites (tertiary alicyclic amines) is 2. The van der Waals surface area contributed by atoms with E-state index in [4.69, 9.17) is 14.6 Å². The lowest BCUT2D eigenvalue weighted by molar-refractivity contribution is -0.135. The van der Waals surface area contributed by atoms with E-state index in [9.17, 15) is 24.0 Å². The molecular formula is C54H62N8O7. The van der Waals surface area contributed by atoms with E-state index in [-0.39, 0.29) is 43.3 Å². The van der Waals surface area contributed by atoms with E-state index in [0.29, 0.717) is 67.3 Å². The summed E-state index contributed by atoms with van der Waals surface area (Å²) < 4.78 is 14.4. The third-order valence-electron chi connectivity index (χ3n) is 14.2. The Morgan fingerprint density at radius 2 is 1.35 bits per heavy atom. The molecule has 3 fully saturated rings. The fourth-order valence-corrected chi connectivity index (χ4v) is 10.3. The topological polar surface area (TPSA) is 152 Å². The number of nitrogens with zero attached hydrogens (tertiary/aromatic N) is 7. The van der Waals surface area contributed by atoms with Crippen molar-refractivity contribution in [1.82, 2.24) is 39.3 Å². The first kappa shape index (κ1) is 47.2. The van der Waals surface area contributed by atoms with Gasteiger partial charge in [0.15, 0.2) is 13.5 Å². The average molecular weight is 935 g/mol. The second kappa shape index (κ2) is 20.8. The molecule has 0 bridgehead atoms. The van der Waals surface area contributed by atoms with Gasteiger partial charge in [0, 0.05) is 68.9 Å². The monoisotopic (exact) mass is 934 g/mol. The third-order valence-corrected chi connectivity index (χ3v) is 14.2. The number of carbonyl (C=O) groups is 4. The molecule has 360 valence electrons. The Morgan fingerprint density at radius 1 is 0.696 bits per heavy atom. The van der Waals surface area contributed by atoms with Gasteiger partial charge in [-0.05, 0) is 131 Å². The number of esters is 2. The van der Waals surface area contributed by atoms with Crippen LogP contribution in [0.1, 0.15) is 80.1 Å². The highest BCUT2D eigenvalue weighted by molar-refractivity contribution is 5.91. The zero-order chi connectivity index (χ0) is 48.2. The number of nitrogens with one attached hydrogen (secondary N) is 1. The first-order valence-electron chi connectivity index (χ1n) is 24.2. The predicted octanol–water partition coefficient (Wildman–Crippen LogP) is 6.64. The molecule has 0 aliphatic carbocycles. The van der Waals surface area contributed by atoms with Gasteiger partial charge in [-0.25, -0.2) is 19.1 Å². The summed E-state index contributed by atoms with van der Waals surface area (Å²) in [7, 11) is 2.16. The molecule has 3 amide bonds. The highest BCUT2D eigenvalue weighted by Crippen LogP contribution is 2.29. The predicted molar refractivity (Wildman–Crippen MR) is 264 cm³/mol. The number of amides is 3. The number of benzene rings is 4. The van der Waals surface area contributed by atoms with E-state index in [1.165, 1.54) is 4.57 Å². The zero-order valence-electron chi connectivity index (χ0n) is 40.1. The lowest BCUT2D eigenvalue weighted by Gasteiger charge is -2.43. The molecule has 4 aromatic carbocycles. The van der Waals surface area contributed by atoms with Gasteiger partial charge in [0.25, 0.3) is 5.56 Å². The van der Waals surface area contributed by atoms with Crippen LogP contribution in [0.4, 0.5) is 4.79 Å². The van der Waals surface area contributed by atoms with Crippen molar-refractivity contribution in [2.45, 2.75) is 84.3 Å². The van der Waals surface area contributed by atoms with Gasteiger partial charge in [-0.1, -0.05) is 59.7 Å². The number of hydrogen-bond acceptors (Lipinski definition) is 10. The summed E-state index contributed by atoms with van der Waals surface area (Å²) in [6.45, 7) is 11.2. The Bertz CT molecular complexity index is 2920. The summed E-state index contributed by atoms with van der Waals surface area (Å²) >= 11 is 0. The summed E-state index contributed by atoms with van der Waals surface area (Å²) in [6.07, 6.45) is 5.43. The van der Waals surface area contributed by atoms with Gasteiger partial charge in [0.2, 0.25) is 5.91 Å². The van der Waals surface area contributed by atoms with Crippen molar-refractivity contribution in [3.8, 4) is 0 Å². The minimum Gasteiger partial charge on any atom is -0.440 e. The van der Waals surface area contributed by atoms with Gasteiger partial charge >= 0.3 is 18.0 Å². The van der Waals surface area contributed by atoms with Crippen molar-refractivity contribution in [3.05, 3.63) is 146 Å². The fourth-order valence-electron chi connectivity index (χ4n) is 10.3. The largest absolute Gasteiger partial charge is 0.440 e. The first-order valence-corrected chi connectivity index (χ1v) is 24.2. The molecular weight excluding hydrogens is 873 g/mol. The molecule has 0 unspecified atom stereocenters. The number of aromatic nitrogens is 3. The number of carbonyl (C=O) groups excluding carboxylic acids is 4. The molecule has 3 saturated heterocycles. The van der Waals surface area contributed by atoms with Crippen LogP contribution in [-0.4, -0.2) is 129 Å². The molecule has 3 aliphatic heterocycles. The maximum Gasteiger partial charge on any atom is 0.339 e. The summed E-state index contributed by atoms with van der Waals surface area (Å²) in [6, 6.07) is 27.3. The van der Waals surface area contributed by atoms with E-state index in [0.717, 1.165) is 77.6 Å². The maximum atomic E-state index is 14.6. The van der Waals surface area contributed by atoms with Crippen molar-refractivity contribution in [2.24, 2.45) is 0 Å².